The van der Waals surface area contributed by atoms with Crippen LogP contribution in [0.5, 0.6) is 0 Å². The van der Waals surface area contributed by atoms with E-state index in [1.807, 2.05) is 6.92 Å². The Kier molecular flexibility index (Phi) is 5.58. The van der Waals surface area contributed by atoms with E-state index in [9.17, 15) is 0 Å². The van der Waals surface area contributed by atoms with Crippen molar-refractivity contribution in [2.24, 2.45) is 17.8 Å². The van der Waals surface area contributed by atoms with Gasteiger partial charge in [0.15, 0.2) is 0 Å². The molecule has 2 fully saturated rings. The van der Waals surface area contributed by atoms with Crippen LogP contribution in [0.25, 0.3) is 0 Å². The lowest BCUT2D eigenvalue weighted by molar-refractivity contribution is 0.343. The molecule has 4 rings (SSSR count). The fourth-order valence-corrected chi connectivity index (χ4v) is 4.38. The molecule has 146 valence electrons. The predicted octanol–water partition coefficient (Wildman–Crippen LogP) is 3.45. The van der Waals surface area contributed by atoms with Gasteiger partial charge < -0.3 is 10.2 Å². The number of rotatable bonds is 6. The summed E-state index contributed by atoms with van der Waals surface area (Å²) in [5.74, 6) is 4.61. The van der Waals surface area contributed by atoms with E-state index in [2.05, 4.69) is 36.2 Å². The molecule has 0 unspecified atom stereocenters. The summed E-state index contributed by atoms with van der Waals surface area (Å²) in [6.07, 6.45) is 8.22. The zero-order valence-corrected chi connectivity index (χ0v) is 16.7. The first kappa shape index (κ1) is 18.9. The van der Waals surface area contributed by atoms with Crippen LogP contribution in [0.4, 0.5) is 11.8 Å². The molecule has 2 aliphatic rings. The van der Waals surface area contributed by atoms with Crippen molar-refractivity contribution in [3.05, 3.63) is 35.0 Å². The van der Waals surface area contributed by atoms with E-state index in [-0.39, 0.29) is 0 Å². The summed E-state index contributed by atoms with van der Waals surface area (Å²) in [5.41, 5.74) is 0.413. The van der Waals surface area contributed by atoms with Gasteiger partial charge in [0.25, 0.3) is 0 Å². The van der Waals surface area contributed by atoms with E-state index in [0.717, 1.165) is 55.6 Å². The van der Waals surface area contributed by atoms with Crippen LogP contribution in [0, 0.1) is 36.0 Å². The van der Waals surface area contributed by atoms with Crippen LogP contribution in [0.1, 0.15) is 37.2 Å². The molecular weight excluding hydrogens is 374 g/mol. The van der Waals surface area contributed by atoms with E-state index < -0.39 is 0 Å². The minimum atomic E-state index is 0.413. The fourth-order valence-electron chi connectivity index (χ4n) is 4.28. The first-order valence-electron chi connectivity index (χ1n) is 9.84. The van der Waals surface area contributed by atoms with Gasteiger partial charge in [-0.1, -0.05) is 11.6 Å². The van der Waals surface area contributed by atoms with Gasteiger partial charge in [-0.3, -0.25) is 0 Å². The number of hydrogen-bond donors (Lipinski definition) is 1. The van der Waals surface area contributed by atoms with Gasteiger partial charge in [0, 0.05) is 25.7 Å². The maximum absolute atomic E-state index is 9.01. The Morgan fingerprint density at radius 1 is 1.25 bits per heavy atom. The molecule has 1 saturated heterocycles. The highest BCUT2D eigenvalue weighted by Crippen LogP contribution is 2.49. The van der Waals surface area contributed by atoms with Crippen LogP contribution in [0.3, 0.4) is 0 Å². The number of halogens is 1. The summed E-state index contributed by atoms with van der Waals surface area (Å²) in [6, 6.07) is 3.79. The molecule has 1 aliphatic heterocycles. The van der Waals surface area contributed by atoms with Crippen molar-refractivity contribution in [3.63, 3.8) is 0 Å². The van der Waals surface area contributed by atoms with Crippen LogP contribution in [0.2, 0.25) is 5.02 Å². The van der Waals surface area contributed by atoms with Gasteiger partial charge in [0.05, 0.1) is 17.4 Å². The molecule has 2 aromatic heterocycles. The van der Waals surface area contributed by atoms with Crippen molar-refractivity contribution < 1.29 is 0 Å². The van der Waals surface area contributed by atoms with Crippen molar-refractivity contribution in [1.82, 2.24) is 19.9 Å². The van der Waals surface area contributed by atoms with E-state index >= 15 is 0 Å². The summed E-state index contributed by atoms with van der Waals surface area (Å²) < 4.78 is 0. The van der Waals surface area contributed by atoms with Crippen molar-refractivity contribution in [2.75, 3.05) is 29.9 Å². The van der Waals surface area contributed by atoms with Crippen molar-refractivity contribution >= 4 is 23.4 Å². The maximum atomic E-state index is 9.01. The lowest BCUT2D eigenvalue weighted by atomic mass is 9.90. The second-order valence-electron chi connectivity index (χ2n) is 7.70. The molecule has 3 heterocycles. The number of hydrogen-bond acceptors (Lipinski definition) is 7. The quantitative estimate of drug-likeness (QED) is 0.798. The smallest absolute Gasteiger partial charge is 0.225 e. The predicted molar refractivity (Wildman–Crippen MR) is 108 cm³/mol. The van der Waals surface area contributed by atoms with E-state index in [4.69, 9.17) is 16.9 Å². The molecule has 0 spiro atoms. The second kappa shape index (κ2) is 8.27. The lowest BCUT2D eigenvalue weighted by Gasteiger charge is -2.32. The Balaban J connectivity index is 1.20. The highest BCUT2D eigenvalue weighted by Gasteiger charge is 2.43. The largest absolute Gasteiger partial charge is 0.370 e. The summed E-state index contributed by atoms with van der Waals surface area (Å²) >= 11 is 5.87. The van der Waals surface area contributed by atoms with Crippen molar-refractivity contribution in [2.45, 2.75) is 32.6 Å². The van der Waals surface area contributed by atoms with Gasteiger partial charge in [0.1, 0.15) is 23.4 Å². The molecule has 0 bridgehead atoms. The minimum Gasteiger partial charge on any atom is -0.370 e. The number of nitriles is 1. The van der Waals surface area contributed by atoms with E-state index in [0.29, 0.717) is 16.5 Å². The molecule has 28 heavy (non-hydrogen) atoms. The Hall–Kier alpha value is -2.46. The summed E-state index contributed by atoms with van der Waals surface area (Å²) in [4.78, 5) is 19.4. The fraction of sp³-hybridized carbons (Fsp3) is 0.550. The Morgan fingerprint density at radius 2 is 2.00 bits per heavy atom. The number of piperidine rings is 1. The Morgan fingerprint density at radius 3 is 2.71 bits per heavy atom. The van der Waals surface area contributed by atoms with Gasteiger partial charge in [-0.25, -0.2) is 19.9 Å². The molecule has 2 atom stereocenters. The number of anilines is 2. The van der Waals surface area contributed by atoms with Gasteiger partial charge in [0.2, 0.25) is 5.95 Å². The Bertz CT molecular complexity index is 856. The zero-order chi connectivity index (χ0) is 19.5. The second-order valence-corrected chi connectivity index (χ2v) is 8.13. The number of aromatic nitrogens is 4. The molecule has 1 aliphatic carbocycles. The summed E-state index contributed by atoms with van der Waals surface area (Å²) in [7, 11) is 0. The monoisotopic (exact) mass is 397 g/mol. The molecule has 7 nitrogen and oxygen atoms in total. The van der Waals surface area contributed by atoms with Gasteiger partial charge >= 0.3 is 0 Å². The first-order valence-corrected chi connectivity index (χ1v) is 10.2. The van der Waals surface area contributed by atoms with Crippen LogP contribution in [-0.2, 0) is 0 Å². The van der Waals surface area contributed by atoms with Crippen LogP contribution >= 0.6 is 11.6 Å². The molecule has 8 heteroatoms. The van der Waals surface area contributed by atoms with Crippen LogP contribution in [-0.4, -0.2) is 39.6 Å². The average Bonchev–Trinajstić information content (AvgIpc) is 3.48. The number of aryl methyl sites for hydroxylation is 1. The van der Waals surface area contributed by atoms with Crippen molar-refractivity contribution in [3.8, 4) is 6.07 Å². The SMILES string of the molecule is Cc1nc(C#N)cc(NCC[C@@H]2C[C@H]2C2CCN(c3ncc(Cl)cn3)CC2)n1. The van der Waals surface area contributed by atoms with Gasteiger partial charge in [-0.2, -0.15) is 5.26 Å². The standard InChI is InChI=1S/C20H24ClN7/c1-13-26-17(10-22)9-19(27-13)23-5-2-15-8-18(15)14-3-6-28(7-4-14)20-24-11-16(21)12-25-20/h9,11-12,14-15,18H,2-8H2,1H3,(H,23,26,27)/t15-,18+/m1/s1. The molecular formula is C20H24ClN7. The third-order valence-corrected chi connectivity index (χ3v) is 5.98. The minimum absolute atomic E-state index is 0.413. The lowest BCUT2D eigenvalue weighted by Crippen LogP contribution is -2.35. The van der Waals surface area contributed by atoms with E-state index in [1.54, 1.807) is 18.5 Å². The molecule has 0 radical (unpaired) electrons. The topological polar surface area (TPSA) is 90.6 Å². The number of nitrogens with zero attached hydrogens (tertiary/aromatic N) is 6. The highest BCUT2D eigenvalue weighted by atomic mass is 35.5. The zero-order valence-electron chi connectivity index (χ0n) is 16.0. The summed E-state index contributed by atoms with van der Waals surface area (Å²) in [6.45, 7) is 4.74. The third-order valence-electron chi connectivity index (χ3n) is 5.79. The molecule has 1 saturated carbocycles. The Labute approximate surface area is 170 Å². The average molecular weight is 398 g/mol. The van der Waals surface area contributed by atoms with Gasteiger partial charge in [-0.05, 0) is 50.4 Å². The van der Waals surface area contributed by atoms with Crippen molar-refractivity contribution in [1.29, 1.82) is 5.26 Å². The maximum Gasteiger partial charge on any atom is 0.225 e. The normalized spacial score (nSPS) is 22.0. The first-order chi connectivity index (χ1) is 13.6. The molecule has 2 aromatic rings. The summed E-state index contributed by atoms with van der Waals surface area (Å²) in [5, 5.41) is 12.9. The molecule has 0 amide bonds. The van der Waals surface area contributed by atoms with E-state index in [1.165, 1.54) is 19.3 Å². The highest BCUT2D eigenvalue weighted by molar-refractivity contribution is 6.30. The van der Waals surface area contributed by atoms with Crippen LogP contribution in [0.15, 0.2) is 18.5 Å². The van der Waals surface area contributed by atoms with Gasteiger partial charge in [-0.15, -0.1) is 0 Å². The molecule has 0 aromatic carbocycles. The third kappa shape index (κ3) is 4.50. The molecule has 1 N–H and O–H groups in total. The van der Waals surface area contributed by atoms with Crippen LogP contribution < -0.4 is 10.2 Å². The number of nitrogens with one attached hydrogen (secondary N) is 1.